The third-order valence-corrected chi connectivity index (χ3v) is 3.04. The molecular formula is C14H15N3O3. The summed E-state index contributed by atoms with van der Waals surface area (Å²) in [4.78, 5) is 23.2. The van der Waals surface area contributed by atoms with E-state index in [1.807, 2.05) is 26.0 Å². The van der Waals surface area contributed by atoms with Crippen LogP contribution in [0.2, 0.25) is 0 Å². The molecule has 6 heteroatoms. The Hall–Kier alpha value is -2.63. The van der Waals surface area contributed by atoms with E-state index in [-0.39, 0.29) is 11.3 Å². The van der Waals surface area contributed by atoms with Gasteiger partial charge in [0.05, 0.1) is 0 Å². The minimum Gasteiger partial charge on any atom is -0.478 e. The van der Waals surface area contributed by atoms with Crippen LogP contribution in [0.3, 0.4) is 0 Å². The molecule has 2 aromatic rings. The normalized spacial score (nSPS) is 10.3. The Labute approximate surface area is 116 Å². The average Bonchev–Trinajstić information content (AvgIpc) is 2.76. The highest BCUT2D eigenvalue weighted by molar-refractivity contribution is 6.09. The van der Waals surface area contributed by atoms with Gasteiger partial charge in [0.1, 0.15) is 5.56 Å². The van der Waals surface area contributed by atoms with Crippen LogP contribution < -0.4 is 5.32 Å². The molecule has 1 aromatic heterocycles. The zero-order valence-electron chi connectivity index (χ0n) is 11.5. The number of nitrogens with zero attached hydrogens (tertiary/aromatic N) is 2. The molecule has 1 amide bonds. The molecule has 0 bridgehead atoms. The minimum absolute atomic E-state index is 0.0989. The molecule has 0 saturated carbocycles. The molecule has 1 heterocycles. The summed E-state index contributed by atoms with van der Waals surface area (Å²) in [5.74, 6) is -1.71. The largest absolute Gasteiger partial charge is 0.478 e. The van der Waals surface area contributed by atoms with Gasteiger partial charge in [0.25, 0.3) is 5.91 Å². The van der Waals surface area contributed by atoms with E-state index < -0.39 is 11.9 Å². The van der Waals surface area contributed by atoms with Gasteiger partial charge in [-0.25, -0.2) is 4.79 Å². The predicted molar refractivity (Wildman–Crippen MR) is 74.0 cm³/mol. The quantitative estimate of drug-likeness (QED) is 0.895. The molecule has 104 valence electrons. The van der Waals surface area contributed by atoms with E-state index in [1.165, 1.54) is 10.9 Å². The molecule has 0 aliphatic heterocycles. The van der Waals surface area contributed by atoms with Crippen LogP contribution in [0.4, 0.5) is 5.69 Å². The van der Waals surface area contributed by atoms with Crippen molar-refractivity contribution in [2.24, 2.45) is 7.05 Å². The fourth-order valence-corrected chi connectivity index (χ4v) is 1.82. The number of amides is 1. The number of hydrogen-bond acceptors (Lipinski definition) is 3. The molecule has 1 aromatic carbocycles. The Bertz CT molecular complexity index is 689. The van der Waals surface area contributed by atoms with Gasteiger partial charge in [-0.15, -0.1) is 0 Å². The molecule has 6 nitrogen and oxygen atoms in total. The van der Waals surface area contributed by atoms with Gasteiger partial charge < -0.3 is 10.4 Å². The first kappa shape index (κ1) is 13.8. The summed E-state index contributed by atoms with van der Waals surface area (Å²) < 4.78 is 1.30. The molecule has 0 atom stereocenters. The van der Waals surface area contributed by atoms with E-state index in [0.717, 1.165) is 11.1 Å². The van der Waals surface area contributed by atoms with Crippen LogP contribution >= 0.6 is 0 Å². The molecule has 0 saturated heterocycles. The van der Waals surface area contributed by atoms with Gasteiger partial charge in [0.15, 0.2) is 5.69 Å². The van der Waals surface area contributed by atoms with Crippen LogP contribution in [-0.2, 0) is 7.05 Å². The fourth-order valence-electron chi connectivity index (χ4n) is 1.82. The predicted octanol–water partition coefficient (Wildman–Crippen LogP) is 1.99. The van der Waals surface area contributed by atoms with Crippen molar-refractivity contribution >= 4 is 17.6 Å². The SMILES string of the molecule is Cc1ccc(NC(=O)c2nn(C)cc2C(=O)O)cc1C. The third-order valence-electron chi connectivity index (χ3n) is 3.04. The first-order chi connectivity index (χ1) is 9.38. The monoisotopic (exact) mass is 273 g/mol. The van der Waals surface area contributed by atoms with Gasteiger partial charge >= 0.3 is 5.97 Å². The zero-order valence-corrected chi connectivity index (χ0v) is 11.5. The van der Waals surface area contributed by atoms with Gasteiger partial charge in [0.2, 0.25) is 0 Å². The number of aryl methyl sites for hydroxylation is 3. The molecule has 2 rings (SSSR count). The maximum Gasteiger partial charge on any atom is 0.339 e. The van der Waals surface area contributed by atoms with Gasteiger partial charge in [-0.1, -0.05) is 6.07 Å². The second-order valence-corrected chi connectivity index (χ2v) is 4.62. The molecule has 20 heavy (non-hydrogen) atoms. The van der Waals surface area contributed by atoms with Crippen molar-refractivity contribution < 1.29 is 14.7 Å². The summed E-state index contributed by atoms with van der Waals surface area (Å²) in [6.45, 7) is 3.91. The molecular weight excluding hydrogens is 258 g/mol. The number of anilines is 1. The molecule has 0 aliphatic carbocycles. The van der Waals surface area contributed by atoms with Crippen LogP contribution in [0.1, 0.15) is 32.0 Å². The van der Waals surface area contributed by atoms with Gasteiger partial charge in [-0.2, -0.15) is 5.10 Å². The number of carbonyl (C=O) groups is 2. The van der Waals surface area contributed by atoms with Gasteiger partial charge in [-0.05, 0) is 37.1 Å². The number of carbonyl (C=O) groups excluding carboxylic acids is 1. The van der Waals surface area contributed by atoms with E-state index in [9.17, 15) is 9.59 Å². The van der Waals surface area contributed by atoms with Gasteiger partial charge in [-0.3, -0.25) is 9.48 Å². The Morgan fingerprint density at radius 1 is 1.25 bits per heavy atom. The lowest BCUT2D eigenvalue weighted by atomic mass is 10.1. The van der Waals surface area contributed by atoms with Crippen LogP contribution in [0.25, 0.3) is 0 Å². The lowest BCUT2D eigenvalue weighted by Gasteiger charge is -2.06. The van der Waals surface area contributed by atoms with Crippen molar-refractivity contribution in [3.8, 4) is 0 Å². The van der Waals surface area contributed by atoms with E-state index in [0.29, 0.717) is 5.69 Å². The van der Waals surface area contributed by atoms with Gasteiger partial charge in [0, 0.05) is 18.9 Å². The van der Waals surface area contributed by atoms with E-state index >= 15 is 0 Å². The Balaban J connectivity index is 2.28. The number of aromatic carboxylic acids is 1. The third kappa shape index (κ3) is 2.69. The highest BCUT2D eigenvalue weighted by Crippen LogP contribution is 2.16. The summed E-state index contributed by atoms with van der Waals surface area (Å²) in [5.41, 5.74) is 2.56. The fraction of sp³-hybridized carbons (Fsp3) is 0.214. The number of benzene rings is 1. The minimum atomic E-state index is -1.18. The Morgan fingerprint density at radius 3 is 2.55 bits per heavy atom. The van der Waals surface area contributed by atoms with E-state index in [1.54, 1.807) is 13.1 Å². The average molecular weight is 273 g/mol. The van der Waals surface area contributed by atoms with Crippen molar-refractivity contribution in [2.75, 3.05) is 5.32 Å². The summed E-state index contributed by atoms with van der Waals surface area (Å²) in [6.07, 6.45) is 1.30. The highest BCUT2D eigenvalue weighted by Gasteiger charge is 2.21. The number of rotatable bonds is 3. The van der Waals surface area contributed by atoms with Crippen LogP contribution in [0.5, 0.6) is 0 Å². The zero-order chi connectivity index (χ0) is 14.9. The maximum atomic E-state index is 12.1. The van der Waals surface area contributed by atoms with Crippen molar-refractivity contribution in [3.63, 3.8) is 0 Å². The molecule has 0 fully saturated rings. The summed E-state index contributed by atoms with van der Waals surface area (Å²) in [6, 6.07) is 5.49. The van der Waals surface area contributed by atoms with Crippen LogP contribution in [-0.4, -0.2) is 26.8 Å². The first-order valence-corrected chi connectivity index (χ1v) is 6.04. The Kier molecular flexibility index (Phi) is 3.56. The topological polar surface area (TPSA) is 84.2 Å². The number of hydrogen-bond donors (Lipinski definition) is 2. The smallest absolute Gasteiger partial charge is 0.339 e. The van der Waals surface area contributed by atoms with Crippen molar-refractivity contribution in [2.45, 2.75) is 13.8 Å². The van der Waals surface area contributed by atoms with Crippen LogP contribution in [0, 0.1) is 13.8 Å². The maximum absolute atomic E-state index is 12.1. The second-order valence-electron chi connectivity index (χ2n) is 4.62. The van der Waals surface area contributed by atoms with Crippen LogP contribution in [0.15, 0.2) is 24.4 Å². The number of carboxylic acids is 1. The van der Waals surface area contributed by atoms with E-state index in [2.05, 4.69) is 10.4 Å². The second kappa shape index (κ2) is 5.16. The summed E-state index contributed by atoms with van der Waals surface area (Å²) >= 11 is 0. The Morgan fingerprint density at radius 2 is 1.95 bits per heavy atom. The molecule has 0 unspecified atom stereocenters. The molecule has 2 N–H and O–H groups in total. The number of carboxylic acid groups (broad SMARTS) is 1. The van der Waals surface area contributed by atoms with Crippen molar-refractivity contribution in [1.29, 1.82) is 0 Å². The molecule has 0 radical (unpaired) electrons. The lowest BCUT2D eigenvalue weighted by Crippen LogP contribution is -2.16. The number of aromatic nitrogens is 2. The summed E-state index contributed by atoms with van der Waals surface area (Å²) in [5, 5.41) is 15.6. The van der Waals surface area contributed by atoms with Crippen molar-refractivity contribution in [1.82, 2.24) is 9.78 Å². The highest BCUT2D eigenvalue weighted by atomic mass is 16.4. The number of nitrogens with one attached hydrogen (secondary N) is 1. The molecule has 0 aliphatic rings. The lowest BCUT2D eigenvalue weighted by molar-refractivity contribution is 0.0692. The van der Waals surface area contributed by atoms with Crippen molar-refractivity contribution in [3.05, 3.63) is 46.8 Å². The standard InChI is InChI=1S/C14H15N3O3/c1-8-4-5-10(6-9(8)2)15-13(18)12-11(14(19)20)7-17(3)16-12/h4-7H,1-3H3,(H,15,18)(H,19,20). The summed E-state index contributed by atoms with van der Waals surface area (Å²) in [7, 11) is 1.57. The van der Waals surface area contributed by atoms with E-state index in [4.69, 9.17) is 5.11 Å². The first-order valence-electron chi connectivity index (χ1n) is 6.04. The molecule has 0 spiro atoms.